The van der Waals surface area contributed by atoms with Gasteiger partial charge in [-0.2, -0.15) is 0 Å². The second-order valence-electron chi connectivity index (χ2n) is 5.41. The van der Waals surface area contributed by atoms with E-state index in [1.807, 2.05) is 13.8 Å². The van der Waals surface area contributed by atoms with Crippen LogP contribution in [0.4, 0.5) is 5.69 Å². The number of hydrogen-bond donors (Lipinski definition) is 2. The quantitative estimate of drug-likeness (QED) is 0.758. The number of halogens is 2. The lowest BCUT2D eigenvalue weighted by atomic mass is 10.3. The molecule has 1 unspecified atom stereocenters. The molecule has 1 atom stereocenters. The van der Waals surface area contributed by atoms with E-state index in [4.69, 9.17) is 27.9 Å². The van der Waals surface area contributed by atoms with Gasteiger partial charge in [0, 0.05) is 12.2 Å². The number of anilines is 1. The first-order valence-electron chi connectivity index (χ1n) is 7.01. The Bertz CT molecular complexity index is 498. The van der Waals surface area contributed by atoms with Gasteiger partial charge in [-0.05, 0) is 39.1 Å². The van der Waals surface area contributed by atoms with Crippen molar-refractivity contribution in [2.45, 2.75) is 26.1 Å². The summed E-state index contributed by atoms with van der Waals surface area (Å²) in [6, 6.07) is 4.89. The van der Waals surface area contributed by atoms with Gasteiger partial charge in [0.1, 0.15) is 0 Å². The van der Waals surface area contributed by atoms with E-state index in [1.165, 1.54) is 0 Å². The second-order valence-corrected chi connectivity index (χ2v) is 6.22. The summed E-state index contributed by atoms with van der Waals surface area (Å²) in [5.41, 5.74) is 0.580. The topological polar surface area (TPSA) is 61.8 Å². The molecule has 22 heavy (non-hydrogen) atoms. The maximum atomic E-state index is 11.9. The normalized spacial score (nSPS) is 12.7. The van der Waals surface area contributed by atoms with Crippen LogP contribution in [0.2, 0.25) is 10.0 Å². The number of nitrogens with zero attached hydrogens (tertiary/aromatic N) is 1. The molecular formula is C15H22Cl2N2O3. The van der Waals surface area contributed by atoms with E-state index >= 15 is 0 Å². The van der Waals surface area contributed by atoms with Gasteiger partial charge in [0.25, 0.3) is 0 Å². The Morgan fingerprint density at radius 3 is 2.64 bits per heavy atom. The number of nitrogens with one attached hydrogen (secondary N) is 1. The first-order chi connectivity index (χ1) is 10.3. The smallest absolute Gasteiger partial charge is 0.238 e. The minimum Gasteiger partial charge on any atom is -0.389 e. The zero-order chi connectivity index (χ0) is 16.7. The van der Waals surface area contributed by atoms with Gasteiger partial charge in [-0.25, -0.2) is 0 Å². The Kier molecular flexibility index (Phi) is 8.14. The molecule has 0 fully saturated rings. The summed E-state index contributed by atoms with van der Waals surface area (Å²) in [5.74, 6) is -0.196. The van der Waals surface area contributed by atoms with Gasteiger partial charge in [0.15, 0.2) is 0 Å². The van der Waals surface area contributed by atoms with Crippen LogP contribution in [0.5, 0.6) is 0 Å². The van der Waals surface area contributed by atoms with E-state index in [1.54, 1.807) is 30.1 Å². The van der Waals surface area contributed by atoms with E-state index < -0.39 is 6.10 Å². The highest BCUT2D eigenvalue weighted by atomic mass is 35.5. The molecule has 0 saturated heterocycles. The molecule has 0 saturated carbocycles. The first kappa shape index (κ1) is 19.2. The van der Waals surface area contributed by atoms with Gasteiger partial charge in [-0.1, -0.05) is 23.2 Å². The van der Waals surface area contributed by atoms with Gasteiger partial charge in [0.05, 0.1) is 35.4 Å². The molecule has 2 N–H and O–H groups in total. The van der Waals surface area contributed by atoms with Gasteiger partial charge in [0.2, 0.25) is 5.91 Å². The maximum Gasteiger partial charge on any atom is 0.238 e. The van der Waals surface area contributed by atoms with Crippen LogP contribution in [0.25, 0.3) is 0 Å². The molecular weight excluding hydrogens is 327 g/mol. The van der Waals surface area contributed by atoms with Crippen molar-refractivity contribution in [2.75, 3.05) is 32.1 Å². The predicted octanol–water partition coefficient (Wildman–Crippen LogP) is 2.65. The number of hydrogen-bond acceptors (Lipinski definition) is 4. The number of amides is 1. The standard InChI is InChI=1S/C15H22Cl2N2O3/c1-10(2)22-9-12(20)7-19(3)8-15(21)18-11-4-5-13(16)14(17)6-11/h4-6,10,12,20H,7-9H2,1-3H3,(H,18,21). The van der Waals surface area contributed by atoms with Crippen LogP contribution in [-0.2, 0) is 9.53 Å². The average molecular weight is 349 g/mol. The van der Waals surface area contributed by atoms with Crippen molar-refractivity contribution in [1.82, 2.24) is 4.90 Å². The number of carbonyl (C=O) groups is 1. The van der Waals surface area contributed by atoms with E-state index in [0.717, 1.165) is 0 Å². The Hall–Kier alpha value is -0.850. The molecule has 1 rings (SSSR count). The van der Waals surface area contributed by atoms with Crippen LogP contribution in [0.15, 0.2) is 18.2 Å². The van der Waals surface area contributed by atoms with E-state index in [0.29, 0.717) is 22.3 Å². The molecule has 0 aliphatic heterocycles. The summed E-state index contributed by atoms with van der Waals surface area (Å²) in [6.07, 6.45) is -0.567. The summed E-state index contributed by atoms with van der Waals surface area (Å²) < 4.78 is 5.33. The largest absolute Gasteiger partial charge is 0.389 e. The van der Waals surface area contributed by atoms with Crippen LogP contribution in [-0.4, -0.2) is 54.9 Å². The maximum absolute atomic E-state index is 11.9. The lowest BCUT2D eigenvalue weighted by Crippen LogP contribution is -2.37. The van der Waals surface area contributed by atoms with Crippen molar-refractivity contribution < 1.29 is 14.6 Å². The van der Waals surface area contributed by atoms with Gasteiger partial charge < -0.3 is 15.2 Å². The molecule has 7 heteroatoms. The summed E-state index contributed by atoms with van der Waals surface area (Å²) in [5, 5.41) is 13.4. The molecule has 0 aliphatic rings. The summed E-state index contributed by atoms with van der Waals surface area (Å²) in [6.45, 7) is 4.55. The predicted molar refractivity (Wildman–Crippen MR) is 89.7 cm³/mol. The van der Waals surface area contributed by atoms with Crippen LogP contribution >= 0.6 is 23.2 Å². The molecule has 0 radical (unpaired) electrons. The van der Waals surface area contributed by atoms with Gasteiger partial charge in [-0.3, -0.25) is 9.69 Å². The van der Waals surface area contributed by atoms with Gasteiger partial charge in [-0.15, -0.1) is 0 Å². The van der Waals surface area contributed by atoms with E-state index in [2.05, 4.69) is 5.32 Å². The highest BCUT2D eigenvalue weighted by Gasteiger charge is 2.13. The van der Waals surface area contributed by atoms with Crippen LogP contribution in [0.3, 0.4) is 0 Å². The lowest BCUT2D eigenvalue weighted by molar-refractivity contribution is -0.117. The Morgan fingerprint density at radius 2 is 2.05 bits per heavy atom. The van der Waals surface area contributed by atoms with Crippen LogP contribution in [0.1, 0.15) is 13.8 Å². The monoisotopic (exact) mass is 348 g/mol. The van der Waals surface area contributed by atoms with Crippen molar-refractivity contribution in [2.24, 2.45) is 0 Å². The molecule has 1 aromatic rings. The number of likely N-dealkylation sites (N-methyl/N-ethyl adjacent to an activating group) is 1. The molecule has 5 nitrogen and oxygen atoms in total. The molecule has 0 aromatic heterocycles. The van der Waals surface area contributed by atoms with Crippen LogP contribution < -0.4 is 5.32 Å². The van der Waals surface area contributed by atoms with Crippen molar-refractivity contribution in [1.29, 1.82) is 0 Å². The third-order valence-corrected chi connectivity index (χ3v) is 3.50. The molecule has 1 aromatic carbocycles. The fourth-order valence-electron chi connectivity index (χ4n) is 1.80. The van der Waals surface area contributed by atoms with Crippen LogP contribution in [0, 0.1) is 0 Å². The Balaban J connectivity index is 2.38. The van der Waals surface area contributed by atoms with Crippen molar-refractivity contribution in [3.63, 3.8) is 0 Å². The fourth-order valence-corrected chi connectivity index (χ4v) is 2.10. The highest BCUT2D eigenvalue weighted by molar-refractivity contribution is 6.42. The summed E-state index contributed by atoms with van der Waals surface area (Å²) >= 11 is 11.7. The first-order valence-corrected chi connectivity index (χ1v) is 7.76. The summed E-state index contributed by atoms with van der Waals surface area (Å²) in [7, 11) is 1.76. The Labute approximate surface area is 141 Å². The number of rotatable bonds is 8. The molecule has 0 heterocycles. The minimum atomic E-state index is -0.634. The average Bonchev–Trinajstić information content (AvgIpc) is 2.40. The SMILES string of the molecule is CC(C)OCC(O)CN(C)CC(=O)Nc1ccc(Cl)c(Cl)c1. The lowest BCUT2D eigenvalue weighted by Gasteiger charge is -2.21. The fraction of sp³-hybridized carbons (Fsp3) is 0.533. The van der Waals surface area contributed by atoms with Gasteiger partial charge >= 0.3 is 0 Å². The third kappa shape index (κ3) is 7.42. The molecule has 0 bridgehead atoms. The highest BCUT2D eigenvalue weighted by Crippen LogP contribution is 2.24. The van der Waals surface area contributed by atoms with Crippen molar-refractivity contribution in [3.8, 4) is 0 Å². The van der Waals surface area contributed by atoms with E-state index in [9.17, 15) is 9.90 Å². The summed E-state index contributed by atoms with van der Waals surface area (Å²) in [4.78, 5) is 13.6. The van der Waals surface area contributed by atoms with E-state index in [-0.39, 0.29) is 25.2 Å². The molecule has 0 aliphatic carbocycles. The number of ether oxygens (including phenoxy) is 1. The third-order valence-electron chi connectivity index (χ3n) is 2.76. The zero-order valence-corrected chi connectivity index (χ0v) is 14.5. The van der Waals surface area contributed by atoms with Crippen molar-refractivity contribution >= 4 is 34.8 Å². The molecule has 1 amide bonds. The zero-order valence-electron chi connectivity index (χ0n) is 13.0. The number of benzene rings is 1. The van der Waals surface area contributed by atoms with Crippen molar-refractivity contribution in [3.05, 3.63) is 28.2 Å². The second kappa shape index (κ2) is 9.33. The molecule has 124 valence electrons. The number of aliphatic hydroxyl groups is 1. The minimum absolute atomic E-state index is 0.0675. The molecule has 0 spiro atoms. The Morgan fingerprint density at radius 1 is 1.36 bits per heavy atom. The number of aliphatic hydroxyl groups excluding tert-OH is 1. The number of carbonyl (C=O) groups excluding carboxylic acids is 1.